The van der Waals surface area contributed by atoms with Crippen LogP contribution in [0.2, 0.25) is 0 Å². The van der Waals surface area contributed by atoms with Crippen LogP contribution in [-0.2, 0) is 13.2 Å². The highest BCUT2D eigenvalue weighted by atomic mass is 32.1. The van der Waals surface area contributed by atoms with Crippen molar-refractivity contribution in [2.75, 3.05) is 7.11 Å². The summed E-state index contributed by atoms with van der Waals surface area (Å²) in [6.45, 7) is 0.660. The monoisotopic (exact) mass is 368 g/mol. The molecule has 0 aliphatic carbocycles. The number of rotatable bonds is 7. The minimum absolute atomic E-state index is 0.274. The molecule has 2 aromatic heterocycles. The van der Waals surface area contributed by atoms with Gasteiger partial charge in [0.25, 0.3) is 0 Å². The Hall–Kier alpha value is -3.13. The minimum Gasteiger partial charge on any atom is -0.497 e. The fraction of sp³-hybridized carbons (Fsp3) is 0.167. The van der Waals surface area contributed by atoms with E-state index in [2.05, 4.69) is 15.3 Å². The fourth-order valence-corrected chi connectivity index (χ4v) is 3.09. The fourth-order valence-electron chi connectivity index (χ4n) is 2.33. The van der Waals surface area contributed by atoms with E-state index >= 15 is 0 Å². The SMILES string of the molecule is COc1ccc(OCc2nnc3sc(COc4ccccc4)nn23)cc1. The average molecular weight is 368 g/mol. The predicted molar refractivity (Wildman–Crippen MR) is 96.8 cm³/mol. The lowest BCUT2D eigenvalue weighted by atomic mass is 10.3. The maximum atomic E-state index is 5.75. The normalized spacial score (nSPS) is 10.8. The highest BCUT2D eigenvalue weighted by Crippen LogP contribution is 2.20. The van der Waals surface area contributed by atoms with Crippen LogP contribution < -0.4 is 14.2 Å². The number of methoxy groups -OCH3 is 1. The summed E-state index contributed by atoms with van der Waals surface area (Å²) in [7, 11) is 1.63. The van der Waals surface area contributed by atoms with E-state index < -0.39 is 0 Å². The van der Waals surface area contributed by atoms with Gasteiger partial charge in [-0.15, -0.1) is 10.2 Å². The second-order valence-corrected chi connectivity index (χ2v) is 6.41. The first kappa shape index (κ1) is 16.3. The molecule has 132 valence electrons. The Morgan fingerprint density at radius 1 is 0.846 bits per heavy atom. The number of ether oxygens (including phenoxy) is 3. The third kappa shape index (κ3) is 3.60. The number of benzene rings is 2. The topological polar surface area (TPSA) is 70.8 Å². The Labute approximate surface area is 153 Å². The van der Waals surface area contributed by atoms with Gasteiger partial charge >= 0.3 is 0 Å². The quantitative estimate of drug-likeness (QED) is 0.498. The van der Waals surface area contributed by atoms with Crippen LogP contribution >= 0.6 is 11.3 Å². The van der Waals surface area contributed by atoms with Crippen molar-refractivity contribution in [3.05, 3.63) is 65.4 Å². The molecule has 4 rings (SSSR count). The molecule has 0 aliphatic rings. The second-order valence-electron chi connectivity index (χ2n) is 5.37. The number of nitrogens with zero attached hydrogens (tertiary/aromatic N) is 4. The predicted octanol–water partition coefficient (Wildman–Crippen LogP) is 3.35. The Bertz CT molecular complexity index is 983. The summed E-state index contributed by atoms with van der Waals surface area (Å²) in [5.41, 5.74) is 0. The smallest absolute Gasteiger partial charge is 0.234 e. The van der Waals surface area contributed by atoms with E-state index in [1.165, 1.54) is 11.3 Å². The Balaban J connectivity index is 1.42. The molecule has 7 nitrogen and oxygen atoms in total. The van der Waals surface area contributed by atoms with Crippen LogP contribution in [0.25, 0.3) is 4.96 Å². The maximum absolute atomic E-state index is 5.75. The summed E-state index contributed by atoms with van der Waals surface area (Å²) in [4.78, 5) is 0.713. The molecule has 0 atom stereocenters. The van der Waals surface area contributed by atoms with Crippen molar-refractivity contribution >= 4 is 16.3 Å². The van der Waals surface area contributed by atoms with Gasteiger partial charge in [0.05, 0.1) is 7.11 Å². The van der Waals surface area contributed by atoms with E-state index in [4.69, 9.17) is 14.2 Å². The number of aromatic nitrogens is 4. The molecule has 0 radical (unpaired) electrons. The molecule has 0 bridgehead atoms. The maximum Gasteiger partial charge on any atom is 0.234 e. The van der Waals surface area contributed by atoms with Gasteiger partial charge in [0.1, 0.15) is 30.5 Å². The van der Waals surface area contributed by atoms with Gasteiger partial charge in [-0.05, 0) is 36.4 Å². The number of fused-ring (bicyclic) bond motifs is 1. The zero-order valence-corrected chi connectivity index (χ0v) is 14.8. The lowest BCUT2D eigenvalue weighted by Crippen LogP contribution is -2.03. The van der Waals surface area contributed by atoms with Gasteiger partial charge in [-0.2, -0.15) is 9.61 Å². The average Bonchev–Trinajstić information content (AvgIpc) is 3.26. The van der Waals surface area contributed by atoms with Crippen LogP contribution in [-0.4, -0.2) is 26.9 Å². The molecule has 0 amide bonds. The molecule has 0 unspecified atom stereocenters. The highest BCUT2D eigenvalue weighted by Gasteiger charge is 2.12. The van der Waals surface area contributed by atoms with Crippen LogP contribution in [0.15, 0.2) is 54.6 Å². The molecule has 2 heterocycles. The zero-order chi connectivity index (χ0) is 17.8. The third-order valence-electron chi connectivity index (χ3n) is 3.63. The molecule has 0 spiro atoms. The Kier molecular flexibility index (Phi) is 4.65. The molecule has 0 aliphatic heterocycles. The van der Waals surface area contributed by atoms with Crippen molar-refractivity contribution in [2.45, 2.75) is 13.2 Å². The summed E-state index contributed by atoms with van der Waals surface area (Å²) >= 11 is 1.45. The van der Waals surface area contributed by atoms with E-state index in [0.29, 0.717) is 17.4 Å². The standard InChI is InChI=1S/C18H16N4O3S/c1-23-13-7-9-15(10-8-13)24-11-16-19-20-18-22(16)21-17(26-18)12-25-14-5-3-2-4-6-14/h2-10H,11-12H2,1H3. The van der Waals surface area contributed by atoms with Crippen LogP contribution in [0.4, 0.5) is 0 Å². The molecule has 2 aromatic carbocycles. The molecular weight excluding hydrogens is 352 g/mol. The van der Waals surface area contributed by atoms with Gasteiger partial charge in [-0.1, -0.05) is 29.5 Å². The van der Waals surface area contributed by atoms with Crippen molar-refractivity contribution < 1.29 is 14.2 Å². The van der Waals surface area contributed by atoms with Gasteiger partial charge in [0.2, 0.25) is 4.96 Å². The van der Waals surface area contributed by atoms with Crippen molar-refractivity contribution in [1.29, 1.82) is 0 Å². The minimum atomic E-state index is 0.274. The Morgan fingerprint density at radius 2 is 1.54 bits per heavy atom. The first-order chi connectivity index (χ1) is 12.8. The molecule has 0 saturated carbocycles. The summed E-state index contributed by atoms with van der Waals surface area (Å²) < 4.78 is 18.3. The summed E-state index contributed by atoms with van der Waals surface area (Å²) in [6, 6.07) is 17.0. The molecule has 4 aromatic rings. The van der Waals surface area contributed by atoms with E-state index in [1.807, 2.05) is 54.6 Å². The summed E-state index contributed by atoms with van der Waals surface area (Å²) in [5.74, 6) is 2.95. The molecule has 26 heavy (non-hydrogen) atoms. The lowest BCUT2D eigenvalue weighted by Gasteiger charge is -2.05. The van der Waals surface area contributed by atoms with E-state index in [0.717, 1.165) is 22.3 Å². The van der Waals surface area contributed by atoms with Crippen LogP contribution in [0.5, 0.6) is 17.2 Å². The van der Waals surface area contributed by atoms with Crippen molar-refractivity contribution in [3.63, 3.8) is 0 Å². The molecular formula is C18H16N4O3S. The van der Waals surface area contributed by atoms with Crippen molar-refractivity contribution in [2.24, 2.45) is 0 Å². The van der Waals surface area contributed by atoms with Crippen molar-refractivity contribution in [3.8, 4) is 17.2 Å². The second kappa shape index (κ2) is 7.40. The van der Waals surface area contributed by atoms with Crippen LogP contribution in [0.3, 0.4) is 0 Å². The van der Waals surface area contributed by atoms with Gasteiger partial charge in [0, 0.05) is 0 Å². The highest BCUT2D eigenvalue weighted by molar-refractivity contribution is 7.16. The van der Waals surface area contributed by atoms with Gasteiger partial charge < -0.3 is 14.2 Å². The molecule has 0 saturated heterocycles. The number of hydrogen-bond acceptors (Lipinski definition) is 7. The lowest BCUT2D eigenvalue weighted by molar-refractivity contribution is 0.289. The third-order valence-corrected chi connectivity index (χ3v) is 4.50. The van der Waals surface area contributed by atoms with Gasteiger partial charge in [-0.25, -0.2) is 0 Å². The van der Waals surface area contributed by atoms with Crippen molar-refractivity contribution in [1.82, 2.24) is 19.8 Å². The first-order valence-corrected chi connectivity index (χ1v) is 8.78. The molecule has 0 fully saturated rings. The number of hydrogen-bond donors (Lipinski definition) is 0. The first-order valence-electron chi connectivity index (χ1n) is 7.96. The number of para-hydroxylation sites is 1. The van der Waals surface area contributed by atoms with E-state index in [9.17, 15) is 0 Å². The van der Waals surface area contributed by atoms with Crippen LogP contribution in [0, 0.1) is 0 Å². The van der Waals surface area contributed by atoms with Gasteiger partial charge in [-0.3, -0.25) is 0 Å². The zero-order valence-electron chi connectivity index (χ0n) is 14.0. The molecule has 0 N–H and O–H groups in total. The Morgan fingerprint density at radius 3 is 2.31 bits per heavy atom. The van der Waals surface area contributed by atoms with E-state index in [-0.39, 0.29) is 6.61 Å². The van der Waals surface area contributed by atoms with E-state index in [1.54, 1.807) is 11.6 Å². The molecule has 8 heteroatoms. The van der Waals surface area contributed by atoms with Crippen LogP contribution in [0.1, 0.15) is 10.8 Å². The summed E-state index contributed by atoms with van der Waals surface area (Å²) in [6.07, 6.45) is 0. The summed E-state index contributed by atoms with van der Waals surface area (Å²) in [5, 5.41) is 13.6. The largest absolute Gasteiger partial charge is 0.497 e. The van der Waals surface area contributed by atoms with Gasteiger partial charge in [0.15, 0.2) is 10.8 Å².